The number of nitrogens with zero attached hydrogens (tertiary/aromatic N) is 2. The maximum atomic E-state index is 11.6. The van der Waals surface area contributed by atoms with Gasteiger partial charge in [0, 0.05) is 0 Å². The van der Waals surface area contributed by atoms with Crippen molar-refractivity contribution in [2.75, 3.05) is 6.61 Å². The van der Waals surface area contributed by atoms with E-state index in [1.165, 1.54) is 0 Å². The first kappa shape index (κ1) is 11.3. The molecule has 0 aromatic carbocycles. The first-order chi connectivity index (χ1) is 7.69. The molecule has 0 bridgehead atoms. The van der Waals surface area contributed by atoms with Crippen molar-refractivity contribution in [2.24, 2.45) is 0 Å². The minimum absolute atomic E-state index is 0.0932. The molecular weight excluding hydrogens is 276 g/mol. The number of halogens is 1. The summed E-state index contributed by atoms with van der Waals surface area (Å²) in [6.07, 6.45) is 2.68. The van der Waals surface area contributed by atoms with Gasteiger partial charge in [0.25, 0.3) is 0 Å². The molecule has 6 heteroatoms. The van der Waals surface area contributed by atoms with Gasteiger partial charge in [-0.25, -0.2) is 4.79 Å². The molecule has 5 nitrogen and oxygen atoms in total. The minimum Gasteiger partial charge on any atom is -0.461 e. The Labute approximate surface area is 101 Å². The van der Waals surface area contributed by atoms with Gasteiger partial charge in [-0.15, -0.1) is 0 Å². The second-order valence-corrected chi connectivity index (χ2v) is 4.32. The standard InChI is InChI=1S/C10H11BrN2O3/c1-2-16-10(15)8-7(5-14)9(11)13(12-8)6-3-4-6/h5-6H,2-4H2,1H3. The number of hydrogen-bond acceptors (Lipinski definition) is 4. The average Bonchev–Trinajstić information content (AvgIpc) is 3.03. The molecule has 0 N–H and O–H groups in total. The SMILES string of the molecule is CCOC(=O)c1nn(C2CC2)c(Br)c1C=O. The molecule has 1 saturated carbocycles. The van der Waals surface area contributed by atoms with E-state index in [4.69, 9.17) is 4.74 Å². The molecule has 0 saturated heterocycles. The van der Waals surface area contributed by atoms with Crippen LogP contribution in [-0.4, -0.2) is 28.6 Å². The summed E-state index contributed by atoms with van der Waals surface area (Å²) in [6, 6.07) is 0.302. The Morgan fingerprint density at radius 2 is 2.38 bits per heavy atom. The van der Waals surface area contributed by atoms with Crippen LogP contribution in [0.5, 0.6) is 0 Å². The Balaban J connectivity index is 2.39. The van der Waals surface area contributed by atoms with Gasteiger partial charge in [0.1, 0.15) is 4.60 Å². The molecular formula is C10H11BrN2O3. The van der Waals surface area contributed by atoms with Crippen LogP contribution < -0.4 is 0 Å². The fraction of sp³-hybridized carbons (Fsp3) is 0.500. The quantitative estimate of drug-likeness (QED) is 0.627. The topological polar surface area (TPSA) is 61.2 Å². The first-order valence-electron chi connectivity index (χ1n) is 5.09. The number of carbonyl (C=O) groups excluding carboxylic acids is 2. The molecule has 2 rings (SSSR count). The van der Waals surface area contributed by atoms with Crippen LogP contribution in [0.15, 0.2) is 4.60 Å². The highest BCUT2D eigenvalue weighted by atomic mass is 79.9. The van der Waals surface area contributed by atoms with Gasteiger partial charge in [-0.05, 0) is 35.7 Å². The third-order valence-electron chi connectivity index (χ3n) is 2.37. The Bertz CT molecular complexity index is 438. The predicted octanol–water partition coefficient (Wildman–Crippen LogP) is 1.97. The third-order valence-corrected chi connectivity index (χ3v) is 3.16. The van der Waals surface area contributed by atoms with Crippen LogP contribution in [0, 0.1) is 0 Å². The lowest BCUT2D eigenvalue weighted by molar-refractivity contribution is 0.0516. The Morgan fingerprint density at radius 3 is 2.88 bits per heavy atom. The van der Waals surface area contributed by atoms with E-state index in [1.807, 2.05) is 0 Å². The molecule has 0 amide bonds. The maximum absolute atomic E-state index is 11.6. The van der Waals surface area contributed by atoms with Crippen molar-refractivity contribution in [1.29, 1.82) is 0 Å². The van der Waals surface area contributed by atoms with E-state index in [-0.39, 0.29) is 17.9 Å². The largest absolute Gasteiger partial charge is 0.461 e. The van der Waals surface area contributed by atoms with E-state index in [0.717, 1.165) is 12.8 Å². The number of aromatic nitrogens is 2. The van der Waals surface area contributed by atoms with Crippen molar-refractivity contribution < 1.29 is 14.3 Å². The molecule has 16 heavy (non-hydrogen) atoms. The normalized spacial score (nSPS) is 14.9. The summed E-state index contributed by atoms with van der Waals surface area (Å²) in [7, 11) is 0. The summed E-state index contributed by atoms with van der Waals surface area (Å²) in [5.74, 6) is -0.551. The van der Waals surface area contributed by atoms with Crippen LogP contribution in [0.25, 0.3) is 0 Å². The molecule has 0 atom stereocenters. The Morgan fingerprint density at radius 1 is 1.69 bits per heavy atom. The van der Waals surface area contributed by atoms with Crippen molar-refractivity contribution in [3.63, 3.8) is 0 Å². The zero-order valence-corrected chi connectivity index (χ0v) is 10.4. The molecule has 1 aliphatic carbocycles. The van der Waals surface area contributed by atoms with Crippen LogP contribution in [-0.2, 0) is 4.74 Å². The van der Waals surface area contributed by atoms with Crippen molar-refractivity contribution in [1.82, 2.24) is 9.78 Å². The zero-order chi connectivity index (χ0) is 11.7. The van der Waals surface area contributed by atoms with E-state index in [0.29, 0.717) is 16.9 Å². The van der Waals surface area contributed by atoms with E-state index in [2.05, 4.69) is 21.0 Å². The number of hydrogen-bond donors (Lipinski definition) is 0. The monoisotopic (exact) mass is 286 g/mol. The van der Waals surface area contributed by atoms with Gasteiger partial charge in [-0.2, -0.15) is 5.10 Å². The molecule has 1 aliphatic rings. The molecule has 1 heterocycles. The van der Waals surface area contributed by atoms with Crippen LogP contribution in [0.4, 0.5) is 0 Å². The van der Waals surface area contributed by atoms with Crippen LogP contribution in [0.2, 0.25) is 0 Å². The van der Waals surface area contributed by atoms with Crippen LogP contribution >= 0.6 is 15.9 Å². The van der Waals surface area contributed by atoms with Crippen LogP contribution in [0.3, 0.4) is 0 Å². The van der Waals surface area contributed by atoms with Gasteiger partial charge in [0.15, 0.2) is 12.0 Å². The smallest absolute Gasteiger partial charge is 0.359 e. The number of esters is 1. The fourth-order valence-corrected chi connectivity index (χ4v) is 2.09. The van der Waals surface area contributed by atoms with Gasteiger partial charge in [-0.3, -0.25) is 9.48 Å². The molecule has 1 aromatic heterocycles. The van der Waals surface area contributed by atoms with Crippen molar-refractivity contribution in [3.05, 3.63) is 15.9 Å². The number of carbonyl (C=O) groups is 2. The van der Waals surface area contributed by atoms with Gasteiger partial charge < -0.3 is 4.74 Å². The third kappa shape index (κ3) is 1.89. The van der Waals surface area contributed by atoms with E-state index < -0.39 is 5.97 Å². The molecule has 86 valence electrons. The summed E-state index contributed by atoms with van der Waals surface area (Å²) in [5.41, 5.74) is 0.362. The minimum atomic E-state index is -0.551. The molecule has 1 aromatic rings. The van der Waals surface area contributed by atoms with Gasteiger partial charge >= 0.3 is 5.97 Å². The van der Waals surface area contributed by atoms with Crippen molar-refractivity contribution >= 4 is 28.2 Å². The van der Waals surface area contributed by atoms with Gasteiger partial charge in [0.2, 0.25) is 0 Å². The number of ether oxygens (including phenoxy) is 1. The Kier molecular flexibility index (Phi) is 3.09. The van der Waals surface area contributed by atoms with E-state index >= 15 is 0 Å². The lowest BCUT2D eigenvalue weighted by atomic mass is 10.3. The molecule has 0 aliphatic heterocycles. The highest BCUT2D eigenvalue weighted by Crippen LogP contribution is 2.38. The molecule has 1 fully saturated rings. The summed E-state index contributed by atoms with van der Waals surface area (Å²) in [5, 5.41) is 4.13. The van der Waals surface area contributed by atoms with Crippen molar-refractivity contribution in [2.45, 2.75) is 25.8 Å². The van der Waals surface area contributed by atoms with Gasteiger partial charge in [-0.1, -0.05) is 0 Å². The first-order valence-corrected chi connectivity index (χ1v) is 5.88. The van der Waals surface area contributed by atoms with Gasteiger partial charge in [0.05, 0.1) is 18.2 Å². The summed E-state index contributed by atoms with van der Waals surface area (Å²) in [6.45, 7) is 1.98. The average molecular weight is 287 g/mol. The fourth-order valence-electron chi connectivity index (χ4n) is 1.44. The van der Waals surface area contributed by atoms with Crippen LogP contribution in [0.1, 0.15) is 46.7 Å². The van der Waals surface area contributed by atoms with E-state index in [1.54, 1.807) is 11.6 Å². The Hall–Kier alpha value is -1.17. The lowest BCUT2D eigenvalue weighted by Gasteiger charge is -1.98. The lowest BCUT2D eigenvalue weighted by Crippen LogP contribution is -2.08. The summed E-state index contributed by atoms with van der Waals surface area (Å²) < 4.78 is 7.08. The molecule has 0 unspecified atom stereocenters. The predicted molar refractivity (Wildman–Crippen MR) is 59.5 cm³/mol. The highest BCUT2D eigenvalue weighted by Gasteiger charge is 2.31. The highest BCUT2D eigenvalue weighted by molar-refractivity contribution is 9.10. The second-order valence-electron chi connectivity index (χ2n) is 3.57. The zero-order valence-electron chi connectivity index (χ0n) is 8.77. The number of aldehydes is 1. The van der Waals surface area contributed by atoms with E-state index in [9.17, 15) is 9.59 Å². The number of rotatable bonds is 4. The second kappa shape index (κ2) is 4.37. The molecule has 0 radical (unpaired) electrons. The maximum Gasteiger partial charge on any atom is 0.359 e. The molecule has 0 spiro atoms. The summed E-state index contributed by atoms with van der Waals surface area (Å²) in [4.78, 5) is 22.5. The van der Waals surface area contributed by atoms with Crippen molar-refractivity contribution in [3.8, 4) is 0 Å². The summed E-state index contributed by atoms with van der Waals surface area (Å²) >= 11 is 3.28.